The third kappa shape index (κ3) is 4.20. The van der Waals surface area contributed by atoms with Crippen molar-refractivity contribution in [2.24, 2.45) is 0 Å². The molecular formula is C24H20N2O2S. The van der Waals surface area contributed by atoms with E-state index in [1.165, 1.54) is 11.3 Å². The first-order valence-corrected chi connectivity index (χ1v) is 10.0. The number of rotatable bonds is 5. The lowest BCUT2D eigenvalue weighted by atomic mass is 10.0. The minimum atomic E-state index is -0.167. The van der Waals surface area contributed by atoms with E-state index in [2.05, 4.69) is 10.3 Å². The standard InChI is InChI=1S/C24H20N2O2S/c1-16-22(19-12-14-21(28-2)15-13-19)25-24(29-16)26-23(27)20-10-8-18(9-11-20)17-6-4-3-5-7-17/h3-15H,1-2H3,(H,25,26,27). The summed E-state index contributed by atoms with van der Waals surface area (Å²) < 4.78 is 5.20. The molecule has 3 aromatic carbocycles. The molecular weight excluding hydrogens is 380 g/mol. The van der Waals surface area contributed by atoms with Crippen LogP contribution in [-0.2, 0) is 0 Å². The van der Waals surface area contributed by atoms with Gasteiger partial charge in [-0.15, -0.1) is 11.3 Å². The third-order valence-electron chi connectivity index (χ3n) is 4.63. The molecule has 144 valence electrons. The van der Waals surface area contributed by atoms with Crippen LogP contribution in [0, 0.1) is 6.92 Å². The number of amides is 1. The number of anilines is 1. The van der Waals surface area contributed by atoms with Crippen molar-refractivity contribution < 1.29 is 9.53 Å². The Bertz CT molecular complexity index is 1120. The Morgan fingerprint density at radius 2 is 1.48 bits per heavy atom. The molecule has 1 N–H and O–H groups in total. The van der Waals surface area contributed by atoms with Crippen molar-refractivity contribution in [1.82, 2.24) is 4.98 Å². The molecule has 0 radical (unpaired) electrons. The molecule has 4 nitrogen and oxygen atoms in total. The van der Waals surface area contributed by atoms with Crippen LogP contribution in [0.1, 0.15) is 15.2 Å². The topological polar surface area (TPSA) is 51.2 Å². The molecule has 0 aliphatic rings. The van der Waals surface area contributed by atoms with Gasteiger partial charge in [0.2, 0.25) is 0 Å². The van der Waals surface area contributed by atoms with Crippen LogP contribution in [0.4, 0.5) is 5.13 Å². The molecule has 5 heteroatoms. The summed E-state index contributed by atoms with van der Waals surface area (Å²) in [4.78, 5) is 18.3. The normalized spacial score (nSPS) is 10.6. The maximum absolute atomic E-state index is 12.6. The van der Waals surface area contributed by atoms with Gasteiger partial charge in [0, 0.05) is 16.0 Å². The van der Waals surface area contributed by atoms with Gasteiger partial charge in [-0.1, -0.05) is 42.5 Å². The number of benzene rings is 3. The quantitative estimate of drug-likeness (QED) is 0.444. The fourth-order valence-electron chi connectivity index (χ4n) is 3.08. The van der Waals surface area contributed by atoms with Gasteiger partial charge in [0.05, 0.1) is 12.8 Å². The zero-order chi connectivity index (χ0) is 20.2. The predicted octanol–water partition coefficient (Wildman–Crippen LogP) is 6.05. The summed E-state index contributed by atoms with van der Waals surface area (Å²) in [6, 6.07) is 25.4. The molecule has 1 heterocycles. The number of carbonyl (C=O) groups excluding carboxylic acids is 1. The summed E-state index contributed by atoms with van der Waals surface area (Å²) in [5, 5.41) is 3.50. The number of aryl methyl sites for hydroxylation is 1. The van der Waals surface area contributed by atoms with Crippen molar-refractivity contribution in [3.8, 4) is 28.1 Å². The molecule has 29 heavy (non-hydrogen) atoms. The summed E-state index contributed by atoms with van der Waals surface area (Å²) in [6.45, 7) is 2.00. The Kier molecular flexibility index (Phi) is 5.40. The van der Waals surface area contributed by atoms with Crippen LogP contribution in [0.3, 0.4) is 0 Å². The number of aromatic nitrogens is 1. The van der Waals surface area contributed by atoms with Crippen molar-refractivity contribution in [3.63, 3.8) is 0 Å². The van der Waals surface area contributed by atoms with Crippen LogP contribution >= 0.6 is 11.3 Å². The second-order valence-electron chi connectivity index (χ2n) is 6.55. The second-order valence-corrected chi connectivity index (χ2v) is 7.75. The SMILES string of the molecule is COc1ccc(-c2nc(NC(=O)c3ccc(-c4ccccc4)cc3)sc2C)cc1. The number of hydrogen-bond acceptors (Lipinski definition) is 4. The Morgan fingerprint density at radius 1 is 0.862 bits per heavy atom. The summed E-state index contributed by atoms with van der Waals surface area (Å²) in [5.41, 5.74) is 4.66. The molecule has 0 saturated carbocycles. The summed E-state index contributed by atoms with van der Waals surface area (Å²) in [7, 11) is 1.64. The van der Waals surface area contributed by atoms with Crippen LogP contribution in [-0.4, -0.2) is 18.0 Å². The molecule has 0 fully saturated rings. The van der Waals surface area contributed by atoms with Gasteiger partial charge in [-0.05, 0) is 54.4 Å². The van der Waals surface area contributed by atoms with E-state index in [1.54, 1.807) is 7.11 Å². The molecule has 0 unspecified atom stereocenters. The zero-order valence-electron chi connectivity index (χ0n) is 16.2. The van der Waals surface area contributed by atoms with Gasteiger partial charge >= 0.3 is 0 Å². The lowest BCUT2D eigenvalue weighted by Gasteiger charge is -2.05. The summed E-state index contributed by atoms with van der Waals surface area (Å²) >= 11 is 1.47. The highest BCUT2D eigenvalue weighted by Crippen LogP contribution is 2.31. The van der Waals surface area contributed by atoms with E-state index in [1.807, 2.05) is 85.8 Å². The molecule has 0 spiro atoms. The van der Waals surface area contributed by atoms with E-state index in [-0.39, 0.29) is 5.91 Å². The average molecular weight is 401 g/mol. The van der Waals surface area contributed by atoms with Crippen molar-refractivity contribution in [1.29, 1.82) is 0 Å². The predicted molar refractivity (Wildman–Crippen MR) is 119 cm³/mol. The van der Waals surface area contributed by atoms with E-state index < -0.39 is 0 Å². The van der Waals surface area contributed by atoms with Gasteiger partial charge in [-0.2, -0.15) is 0 Å². The highest BCUT2D eigenvalue weighted by atomic mass is 32.1. The molecule has 0 atom stereocenters. The lowest BCUT2D eigenvalue weighted by molar-refractivity contribution is 0.102. The summed E-state index contributed by atoms with van der Waals surface area (Å²) in [6.07, 6.45) is 0. The van der Waals surface area contributed by atoms with Crippen molar-refractivity contribution in [2.45, 2.75) is 6.92 Å². The van der Waals surface area contributed by atoms with E-state index in [4.69, 9.17) is 4.74 Å². The Labute approximate surface area is 173 Å². The smallest absolute Gasteiger partial charge is 0.257 e. The number of nitrogens with zero attached hydrogens (tertiary/aromatic N) is 1. The monoisotopic (exact) mass is 400 g/mol. The van der Waals surface area contributed by atoms with E-state index in [9.17, 15) is 4.79 Å². The van der Waals surface area contributed by atoms with Crippen LogP contribution in [0.2, 0.25) is 0 Å². The van der Waals surface area contributed by atoms with Crippen molar-refractivity contribution >= 4 is 22.4 Å². The molecule has 0 saturated heterocycles. The van der Waals surface area contributed by atoms with Gasteiger partial charge in [0.25, 0.3) is 5.91 Å². The Balaban J connectivity index is 1.50. The first-order chi connectivity index (χ1) is 14.1. The summed E-state index contributed by atoms with van der Waals surface area (Å²) in [5.74, 6) is 0.633. The van der Waals surface area contributed by atoms with Crippen LogP contribution in [0.25, 0.3) is 22.4 Å². The van der Waals surface area contributed by atoms with E-state index in [0.29, 0.717) is 10.7 Å². The highest BCUT2D eigenvalue weighted by molar-refractivity contribution is 7.16. The Morgan fingerprint density at radius 3 is 2.14 bits per heavy atom. The first-order valence-electron chi connectivity index (χ1n) is 9.23. The number of carbonyl (C=O) groups is 1. The van der Waals surface area contributed by atoms with E-state index >= 15 is 0 Å². The maximum atomic E-state index is 12.6. The first kappa shape index (κ1) is 18.9. The Hall–Kier alpha value is -3.44. The molecule has 4 rings (SSSR count). The maximum Gasteiger partial charge on any atom is 0.257 e. The average Bonchev–Trinajstić information content (AvgIpc) is 3.14. The minimum Gasteiger partial charge on any atom is -0.497 e. The molecule has 0 bridgehead atoms. The van der Waals surface area contributed by atoms with Gasteiger partial charge in [0.15, 0.2) is 5.13 Å². The highest BCUT2D eigenvalue weighted by Gasteiger charge is 2.13. The van der Waals surface area contributed by atoms with Crippen molar-refractivity contribution in [2.75, 3.05) is 12.4 Å². The van der Waals surface area contributed by atoms with E-state index in [0.717, 1.165) is 33.0 Å². The number of hydrogen-bond donors (Lipinski definition) is 1. The van der Waals surface area contributed by atoms with Crippen molar-refractivity contribution in [3.05, 3.63) is 89.3 Å². The van der Waals surface area contributed by atoms with Crippen LogP contribution < -0.4 is 10.1 Å². The second kappa shape index (κ2) is 8.29. The van der Waals surface area contributed by atoms with Crippen LogP contribution in [0.15, 0.2) is 78.9 Å². The fraction of sp³-hybridized carbons (Fsp3) is 0.0833. The third-order valence-corrected chi connectivity index (χ3v) is 5.52. The van der Waals surface area contributed by atoms with Gasteiger partial charge in [0.1, 0.15) is 5.75 Å². The van der Waals surface area contributed by atoms with Crippen LogP contribution in [0.5, 0.6) is 5.75 Å². The largest absolute Gasteiger partial charge is 0.497 e. The number of thiazole rings is 1. The van der Waals surface area contributed by atoms with Gasteiger partial charge < -0.3 is 4.74 Å². The minimum absolute atomic E-state index is 0.167. The number of ether oxygens (including phenoxy) is 1. The zero-order valence-corrected chi connectivity index (χ0v) is 17.0. The van der Waals surface area contributed by atoms with Gasteiger partial charge in [-0.3, -0.25) is 10.1 Å². The number of methoxy groups -OCH3 is 1. The molecule has 4 aromatic rings. The molecule has 0 aliphatic heterocycles. The van der Waals surface area contributed by atoms with Gasteiger partial charge in [-0.25, -0.2) is 4.98 Å². The fourth-order valence-corrected chi connectivity index (χ4v) is 3.91. The molecule has 0 aliphatic carbocycles. The molecule has 1 amide bonds. The number of nitrogens with one attached hydrogen (secondary N) is 1. The lowest BCUT2D eigenvalue weighted by Crippen LogP contribution is -2.11. The molecule has 1 aromatic heterocycles.